The number of halogens is 1. The van der Waals surface area contributed by atoms with Gasteiger partial charge in [0.15, 0.2) is 5.69 Å². The van der Waals surface area contributed by atoms with Crippen molar-refractivity contribution in [3.63, 3.8) is 0 Å². The van der Waals surface area contributed by atoms with Crippen LogP contribution < -0.4 is 5.32 Å². The number of benzene rings is 1. The van der Waals surface area contributed by atoms with Crippen molar-refractivity contribution in [1.82, 2.24) is 14.8 Å². The van der Waals surface area contributed by atoms with Gasteiger partial charge < -0.3 is 5.32 Å². The molecule has 0 aliphatic carbocycles. The number of hydrogen-bond acceptors (Lipinski definition) is 5. The number of aromatic nitrogens is 1. The molecule has 0 radical (unpaired) electrons. The van der Waals surface area contributed by atoms with Gasteiger partial charge in [0.25, 0.3) is 0 Å². The lowest BCUT2D eigenvalue weighted by Crippen LogP contribution is -2.47. The SMILES string of the molecule is N#Cc1nc(NCCN2CCN(Cc3ccccc3)CC2)ccc1Cl. The van der Waals surface area contributed by atoms with Gasteiger partial charge in [-0.15, -0.1) is 0 Å². The Morgan fingerprint density at radius 1 is 1.04 bits per heavy atom. The first-order valence-electron chi connectivity index (χ1n) is 8.54. The van der Waals surface area contributed by atoms with E-state index in [4.69, 9.17) is 16.9 Å². The zero-order chi connectivity index (χ0) is 17.5. The number of nitrogens with one attached hydrogen (secondary N) is 1. The normalized spacial score (nSPS) is 15.7. The molecule has 130 valence electrons. The maximum atomic E-state index is 8.97. The van der Waals surface area contributed by atoms with E-state index in [2.05, 4.69) is 50.4 Å². The van der Waals surface area contributed by atoms with Gasteiger partial charge in [0.05, 0.1) is 5.02 Å². The molecule has 0 saturated carbocycles. The lowest BCUT2D eigenvalue weighted by molar-refractivity contribution is 0.130. The van der Waals surface area contributed by atoms with Gasteiger partial charge in [0.2, 0.25) is 0 Å². The topological polar surface area (TPSA) is 55.2 Å². The zero-order valence-electron chi connectivity index (χ0n) is 14.2. The highest BCUT2D eigenvalue weighted by atomic mass is 35.5. The van der Waals surface area contributed by atoms with Crippen LogP contribution in [0, 0.1) is 11.3 Å². The molecule has 1 saturated heterocycles. The number of pyridine rings is 1. The molecule has 0 atom stereocenters. The first kappa shape index (κ1) is 17.7. The van der Waals surface area contributed by atoms with Crippen LogP contribution in [0.15, 0.2) is 42.5 Å². The van der Waals surface area contributed by atoms with Gasteiger partial charge in [-0.1, -0.05) is 41.9 Å². The summed E-state index contributed by atoms with van der Waals surface area (Å²) in [5, 5.41) is 12.6. The van der Waals surface area contributed by atoms with E-state index < -0.39 is 0 Å². The van der Waals surface area contributed by atoms with Gasteiger partial charge in [0, 0.05) is 45.8 Å². The maximum Gasteiger partial charge on any atom is 0.161 e. The highest BCUT2D eigenvalue weighted by molar-refractivity contribution is 6.31. The minimum atomic E-state index is 0.265. The molecule has 1 aromatic carbocycles. The summed E-state index contributed by atoms with van der Waals surface area (Å²) in [7, 11) is 0. The van der Waals surface area contributed by atoms with E-state index >= 15 is 0 Å². The van der Waals surface area contributed by atoms with Crippen molar-refractivity contribution < 1.29 is 0 Å². The maximum absolute atomic E-state index is 8.97. The van der Waals surface area contributed by atoms with E-state index in [-0.39, 0.29) is 5.69 Å². The highest BCUT2D eigenvalue weighted by Gasteiger charge is 2.16. The molecule has 2 aromatic rings. The second-order valence-electron chi connectivity index (χ2n) is 6.17. The van der Waals surface area contributed by atoms with Gasteiger partial charge in [-0.25, -0.2) is 4.98 Å². The fourth-order valence-corrected chi connectivity index (χ4v) is 3.12. The molecule has 0 unspecified atom stereocenters. The number of anilines is 1. The number of rotatable bonds is 6. The van der Waals surface area contributed by atoms with E-state index in [0.29, 0.717) is 10.8 Å². The third-order valence-electron chi connectivity index (χ3n) is 4.40. The Kier molecular flexibility index (Phi) is 6.24. The Balaban J connectivity index is 1.39. The van der Waals surface area contributed by atoms with Gasteiger partial charge in [-0.2, -0.15) is 5.26 Å². The second-order valence-corrected chi connectivity index (χ2v) is 6.58. The van der Waals surface area contributed by atoms with Crippen LogP contribution in [0.4, 0.5) is 5.82 Å². The van der Waals surface area contributed by atoms with E-state index in [9.17, 15) is 0 Å². The molecule has 0 spiro atoms. The van der Waals surface area contributed by atoms with E-state index in [1.165, 1.54) is 5.56 Å². The van der Waals surface area contributed by atoms with Crippen LogP contribution in [0.25, 0.3) is 0 Å². The number of nitrogens with zero attached hydrogens (tertiary/aromatic N) is 4. The summed E-state index contributed by atoms with van der Waals surface area (Å²) in [6.07, 6.45) is 0. The molecule has 25 heavy (non-hydrogen) atoms. The average molecular weight is 356 g/mol. The summed E-state index contributed by atoms with van der Waals surface area (Å²) in [5.41, 5.74) is 1.64. The van der Waals surface area contributed by atoms with Crippen LogP contribution in [0.2, 0.25) is 5.02 Å². The average Bonchev–Trinajstić information content (AvgIpc) is 2.65. The molecular formula is C19H22ClN5. The van der Waals surface area contributed by atoms with Gasteiger partial charge in [-0.3, -0.25) is 9.80 Å². The molecule has 0 amide bonds. The predicted molar refractivity (Wildman–Crippen MR) is 101 cm³/mol. The third kappa shape index (κ3) is 5.17. The number of hydrogen-bond donors (Lipinski definition) is 1. The monoisotopic (exact) mass is 355 g/mol. The zero-order valence-corrected chi connectivity index (χ0v) is 14.9. The Hall–Kier alpha value is -2.13. The van der Waals surface area contributed by atoms with Crippen LogP contribution in [-0.2, 0) is 6.54 Å². The van der Waals surface area contributed by atoms with Crippen LogP contribution in [0.1, 0.15) is 11.3 Å². The van der Waals surface area contributed by atoms with Crippen molar-refractivity contribution in [2.24, 2.45) is 0 Å². The Labute approximate surface area is 153 Å². The molecule has 1 aromatic heterocycles. The lowest BCUT2D eigenvalue weighted by atomic mass is 10.2. The molecular weight excluding hydrogens is 334 g/mol. The van der Waals surface area contributed by atoms with Crippen molar-refractivity contribution in [1.29, 1.82) is 5.26 Å². The quantitative estimate of drug-likeness (QED) is 0.863. The minimum absolute atomic E-state index is 0.265. The standard InChI is InChI=1S/C19H22ClN5/c20-17-6-7-19(23-18(17)14-21)22-8-9-24-10-12-25(13-11-24)15-16-4-2-1-3-5-16/h1-7H,8-13,15H2,(H,22,23). The van der Waals surface area contributed by atoms with Gasteiger partial charge in [0.1, 0.15) is 11.9 Å². The van der Waals surface area contributed by atoms with Crippen molar-refractivity contribution >= 4 is 17.4 Å². The smallest absolute Gasteiger partial charge is 0.161 e. The summed E-state index contributed by atoms with van der Waals surface area (Å²) in [6.45, 7) is 7.12. The summed E-state index contributed by atoms with van der Waals surface area (Å²) in [5.74, 6) is 0.698. The first-order chi connectivity index (χ1) is 12.2. The fourth-order valence-electron chi connectivity index (χ4n) is 2.97. The lowest BCUT2D eigenvalue weighted by Gasteiger charge is -2.34. The predicted octanol–water partition coefficient (Wildman–Crippen LogP) is 2.84. The Morgan fingerprint density at radius 2 is 1.76 bits per heavy atom. The van der Waals surface area contributed by atoms with E-state index in [1.54, 1.807) is 12.1 Å². The summed E-state index contributed by atoms with van der Waals surface area (Å²) < 4.78 is 0. The number of piperazine rings is 1. The summed E-state index contributed by atoms with van der Waals surface area (Å²) in [6, 6.07) is 16.1. The van der Waals surface area contributed by atoms with Gasteiger partial charge >= 0.3 is 0 Å². The van der Waals surface area contributed by atoms with Crippen LogP contribution in [0.5, 0.6) is 0 Å². The molecule has 1 fully saturated rings. The molecule has 3 rings (SSSR count). The van der Waals surface area contributed by atoms with Crippen molar-refractivity contribution in [3.05, 3.63) is 58.7 Å². The molecule has 0 bridgehead atoms. The van der Waals surface area contributed by atoms with Crippen molar-refractivity contribution in [2.75, 3.05) is 44.6 Å². The number of nitriles is 1. The van der Waals surface area contributed by atoms with Crippen LogP contribution >= 0.6 is 11.6 Å². The largest absolute Gasteiger partial charge is 0.369 e. The Morgan fingerprint density at radius 3 is 2.48 bits per heavy atom. The minimum Gasteiger partial charge on any atom is -0.369 e. The second kappa shape index (κ2) is 8.82. The van der Waals surface area contributed by atoms with Gasteiger partial charge in [-0.05, 0) is 17.7 Å². The summed E-state index contributed by atoms with van der Waals surface area (Å²) in [4.78, 5) is 9.15. The fraction of sp³-hybridized carbons (Fsp3) is 0.368. The van der Waals surface area contributed by atoms with Crippen LogP contribution in [0.3, 0.4) is 0 Å². The molecule has 2 heterocycles. The van der Waals surface area contributed by atoms with E-state index in [1.807, 2.05) is 6.07 Å². The van der Waals surface area contributed by atoms with Crippen molar-refractivity contribution in [3.8, 4) is 6.07 Å². The molecule has 1 aliphatic heterocycles. The first-order valence-corrected chi connectivity index (χ1v) is 8.91. The third-order valence-corrected chi connectivity index (χ3v) is 4.70. The summed E-state index contributed by atoms with van der Waals surface area (Å²) >= 11 is 5.90. The molecule has 1 aliphatic rings. The van der Waals surface area contributed by atoms with Crippen LogP contribution in [-0.4, -0.2) is 54.1 Å². The molecule has 1 N–H and O–H groups in total. The van der Waals surface area contributed by atoms with E-state index in [0.717, 1.165) is 45.8 Å². The van der Waals surface area contributed by atoms with Crippen molar-refractivity contribution in [2.45, 2.75) is 6.54 Å². The highest BCUT2D eigenvalue weighted by Crippen LogP contribution is 2.15. The molecule has 6 heteroatoms. The molecule has 5 nitrogen and oxygen atoms in total. The Bertz CT molecular complexity index is 720.